The van der Waals surface area contributed by atoms with Crippen LogP contribution in [0.5, 0.6) is 11.5 Å². The molecule has 0 saturated carbocycles. The third-order valence-corrected chi connectivity index (χ3v) is 5.82. The third-order valence-electron chi connectivity index (χ3n) is 4.66. The molecule has 0 saturated heterocycles. The molecule has 138 valence electrons. The summed E-state index contributed by atoms with van der Waals surface area (Å²) in [5, 5.41) is 10.3. The molecule has 0 aliphatic heterocycles. The Hall–Kier alpha value is -2.48. The summed E-state index contributed by atoms with van der Waals surface area (Å²) in [6.07, 6.45) is 0. The Balaban J connectivity index is 2.00. The Morgan fingerprint density at radius 3 is 2.35 bits per heavy atom. The van der Waals surface area contributed by atoms with Gasteiger partial charge in [0, 0.05) is 22.4 Å². The van der Waals surface area contributed by atoms with E-state index < -0.39 is 10.8 Å². The molecule has 0 bridgehead atoms. The molecule has 3 aromatic rings. The van der Waals surface area contributed by atoms with Crippen molar-refractivity contribution < 1.29 is 14.1 Å². The molecule has 1 unspecified atom stereocenters. The van der Waals surface area contributed by atoms with Crippen LogP contribution in [0.2, 0.25) is 0 Å². The second-order valence-electron chi connectivity index (χ2n) is 6.33. The van der Waals surface area contributed by atoms with Gasteiger partial charge in [0.25, 0.3) is 0 Å². The van der Waals surface area contributed by atoms with E-state index in [9.17, 15) is 9.32 Å². The van der Waals surface area contributed by atoms with Gasteiger partial charge in [-0.25, -0.2) is 9.97 Å². The smallest absolute Gasteiger partial charge is 0.199 e. The minimum atomic E-state index is -1.43. The first-order chi connectivity index (χ1) is 12.2. The Morgan fingerprint density at radius 2 is 1.69 bits per heavy atom. The van der Waals surface area contributed by atoms with Crippen molar-refractivity contribution in [2.45, 2.75) is 45.5 Å². The number of rotatable bonds is 4. The van der Waals surface area contributed by atoms with Gasteiger partial charge < -0.3 is 14.8 Å². The molecule has 0 amide bonds. The van der Waals surface area contributed by atoms with Gasteiger partial charge in [0.05, 0.1) is 40.6 Å². The topological polar surface area (TPSA) is 101 Å². The molecular formula is C18H22N4O3S. The maximum atomic E-state index is 12.9. The molecule has 2 N–H and O–H groups in total. The number of nitrogens with one attached hydrogen (secondary N) is 1. The number of aromatic hydroxyl groups is 1. The van der Waals surface area contributed by atoms with Crippen LogP contribution >= 0.6 is 0 Å². The molecule has 7 nitrogen and oxygen atoms in total. The first-order valence-corrected chi connectivity index (χ1v) is 9.51. The summed E-state index contributed by atoms with van der Waals surface area (Å²) in [4.78, 5) is 16.2. The highest BCUT2D eigenvalue weighted by Crippen LogP contribution is 2.29. The standard InChI is InChI=1S/C18H22N4O3S/c1-8-11(4)19-13(9(2)16(8)25-6)7-26(24)18-21-14-10(3)15(23)12(5)20-17(14)22-18/h23H,7H2,1-6H3,(H,20,21,22). The molecule has 0 aromatic carbocycles. The molecule has 8 heteroatoms. The maximum Gasteiger partial charge on any atom is 0.199 e. The van der Waals surface area contributed by atoms with Gasteiger partial charge in [-0.05, 0) is 34.6 Å². The van der Waals surface area contributed by atoms with E-state index in [0.717, 1.165) is 22.6 Å². The van der Waals surface area contributed by atoms with Crippen molar-refractivity contribution in [2.75, 3.05) is 7.11 Å². The minimum absolute atomic E-state index is 0.120. The largest absolute Gasteiger partial charge is 0.506 e. The monoisotopic (exact) mass is 374 g/mol. The van der Waals surface area contributed by atoms with Gasteiger partial charge in [-0.3, -0.25) is 9.19 Å². The molecule has 3 rings (SSSR count). The lowest BCUT2D eigenvalue weighted by molar-refractivity contribution is 0.406. The van der Waals surface area contributed by atoms with Crippen molar-refractivity contribution in [3.8, 4) is 11.5 Å². The van der Waals surface area contributed by atoms with Gasteiger partial charge in [0.1, 0.15) is 11.5 Å². The minimum Gasteiger partial charge on any atom is -0.506 e. The summed E-state index contributed by atoms with van der Waals surface area (Å²) >= 11 is 0. The van der Waals surface area contributed by atoms with Crippen LogP contribution in [0.25, 0.3) is 11.2 Å². The summed E-state index contributed by atoms with van der Waals surface area (Å²) < 4.78 is 18.3. The lowest BCUT2D eigenvalue weighted by Gasteiger charge is -2.14. The summed E-state index contributed by atoms with van der Waals surface area (Å²) in [6, 6.07) is 0. The Bertz CT molecular complexity index is 1040. The van der Waals surface area contributed by atoms with Crippen LogP contribution in [0.3, 0.4) is 0 Å². The number of fused-ring (bicyclic) bond motifs is 1. The fraction of sp³-hybridized carbons (Fsp3) is 0.389. The quantitative estimate of drug-likeness (QED) is 0.728. The van der Waals surface area contributed by atoms with Crippen molar-refractivity contribution in [1.82, 2.24) is 19.9 Å². The summed E-state index contributed by atoms with van der Waals surface area (Å²) in [7, 11) is 0.193. The van der Waals surface area contributed by atoms with Gasteiger partial charge in [-0.2, -0.15) is 0 Å². The molecule has 1 atom stereocenters. The number of aromatic nitrogens is 4. The van der Waals surface area contributed by atoms with Crippen molar-refractivity contribution in [1.29, 1.82) is 0 Å². The summed E-state index contributed by atoms with van der Waals surface area (Å²) in [6.45, 7) is 9.26. The summed E-state index contributed by atoms with van der Waals surface area (Å²) in [5.74, 6) is 1.11. The lowest BCUT2D eigenvalue weighted by Crippen LogP contribution is -2.07. The average molecular weight is 374 g/mol. The highest BCUT2D eigenvalue weighted by molar-refractivity contribution is 7.84. The van der Waals surface area contributed by atoms with Crippen LogP contribution in [0, 0.1) is 34.6 Å². The predicted octanol–water partition coefficient (Wildman–Crippen LogP) is 2.92. The number of nitrogens with zero attached hydrogens (tertiary/aromatic N) is 3. The van der Waals surface area contributed by atoms with Crippen molar-refractivity contribution >= 4 is 22.0 Å². The second kappa shape index (κ2) is 6.68. The first kappa shape index (κ1) is 18.3. The van der Waals surface area contributed by atoms with Crippen LogP contribution in [0.15, 0.2) is 5.16 Å². The normalized spacial score (nSPS) is 12.5. The molecule has 0 aliphatic carbocycles. The molecule has 0 fully saturated rings. The fourth-order valence-corrected chi connectivity index (χ4v) is 4.05. The molecule has 0 aliphatic rings. The van der Waals surface area contributed by atoms with E-state index in [1.165, 1.54) is 0 Å². The summed E-state index contributed by atoms with van der Waals surface area (Å²) in [5.41, 5.74) is 5.61. The zero-order valence-corrected chi connectivity index (χ0v) is 16.5. The number of hydrogen-bond donors (Lipinski definition) is 2. The third kappa shape index (κ3) is 2.94. The molecule has 3 heterocycles. The molecule has 0 radical (unpaired) electrons. The number of H-pyrrole nitrogens is 1. The number of ether oxygens (including phenoxy) is 1. The Kier molecular flexibility index (Phi) is 4.70. The number of aryl methyl sites for hydroxylation is 3. The number of hydrogen-bond acceptors (Lipinski definition) is 6. The van der Waals surface area contributed by atoms with E-state index >= 15 is 0 Å². The van der Waals surface area contributed by atoms with E-state index in [0.29, 0.717) is 33.3 Å². The lowest BCUT2D eigenvalue weighted by atomic mass is 10.1. The highest BCUT2D eigenvalue weighted by atomic mass is 32.2. The van der Waals surface area contributed by atoms with Crippen LogP contribution in [-0.2, 0) is 16.6 Å². The van der Waals surface area contributed by atoms with Crippen LogP contribution < -0.4 is 4.74 Å². The van der Waals surface area contributed by atoms with Crippen LogP contribution in [0.1, 0.15) is 33.8 Å². The van der Waals surface area contributed by atoms with Crippen molar-refractivity contribution in [2.24, 2.45) is 0 Å². The zero-order valence-electron chi connectivity index (χ0n) is 15.7. The van der Waals surface area contributed by atoms with Gasteiger partial charge in [0.15, 0.2) is 10.8 Å². The van der Waals surface area contributed by atoms with Crippen LogP contribution in [0.4, 0.5) is 0 Å². The van der Waals surface area contributed by atoms with E-state index in [1.54, 1.807) is 21.0 Å². The predicted molar refractivity (Wildman–Crippen MR) is 100 cm³/mol. The van der Waals surface area contributed by atoms with E-state index in [1.807, 2.05) is 20.8 Å². The molecule has 0 spiro atoms. The van der Waals surface area contributed by atoms with Crippen LogP contribution in [-0.4, -0.2) is 36.4 Å². The molecular weight excluding hydrogens is 352 g/mol. The Labute approximate surface area is 154 Å². The average Bonchev–Trinajstić information content (AvgIpc) is 3.02. The van der Waals surface area contributed by atoms with E-state index in [2.05, 4.69) is 19.9 Å². The fourth-order valence-electron chi connectivity index (χ4n) is 2.98. The maximum absolute atomic E-state index is 12.9. The first-order valence-electron chi connectivity index (χ1n) is 8.19. The number of pyridine rings is 2. The van der Waals surface area contributed by atoms with E-state index in [4.69, 9.17) is 4.74 Å². The van der Waals surface area contributed by atoms with Crippen molar-refractivity contribution in [3.63, 3.8) is 0 Å². The SMILES string of the molecule is COc1c(C)c(C)nc(CS(=O)c2nc3nc(C)c(O)c(C)c3[nH]2)c1C. The highest BCUT2D eigenvalue weighted by Gasteiger charge is 2.19. The molecule has 26 heavy (non-hydrogen) atoms. The van der Waals surface area contributed by atoms with Crippen molar-refractivity contribution in [3.05, 3.63) is 33.8 Å². The zero-order chi connectivity index (χ0) is 19.2. The number of imidazole rings is 1. The molecule has 3 aromatic heterocycles. The van der Waals surface area contributed by atoms with Gasteiger partial charge >= 0.3 is 0 Å². The van der Waals surface area contributed by atoms with Gasteiger partial charge in [-0.1, -0.05) is 0 Å². The van der Waals surface area contributed by atoms with E-state index in [-0.39, 0.29) is 11.5 Å². The Morgan fingerprint density at radius 1 is 1.00 bits per heavy atom. The van der Waals surface area contributed by atoms with Gasteiger partial charge in [0.2, 0.25) is 0 Å². The van der Waals surface area contributed by atoms with Gasteiger partial charge in [-0.15, -0.1) is 0 Å². The second-order valence-corrected chi connectivity index (χ2v) is 7.69. The number of methoxy groups -OCH3 is 1. The number of aromatic amines is 1.